The van der Waals surface area contributed by atoms with Gasteiger partial charge < -0.3 is 10.1 Å². The van der Waals surface area contributed by atoms with Crippen molar-refractivity contribution >= 4 is 11.9 Å². The highest BCUT2D eigenvalue weighted by Gasteiger charge is 2.21. The maximum atomic E-state index is 12.0. The van der Waals surface area contributed by atoms with Crippen molar-refractivity contribution in [1.29, 1.82) is 0 Å². The highest BCUT2D eigenvalue weighted by Crippen LogP contribution is 2.06. The van der Waals surface area contributed by atoms with E-state index >= 15 is 0 Å². The molecular formula is C15H19NO3. The summed E-state index contributed by atoms with van der Waals surface area (Å²) in [5, 5.41) is 2.70. The molecule has 0 saturated heterocycles. The Labute approximate surface area is 113 Å². The highest BCUT2D eigenvalue weighted by atomic mass is 16.5. The number of allylic oxidation sites excluding steroid dienone is 1. The lowest BCUT2D eigenvalue weighted by atomic mass is 10.1. The molecule has 1 aromatic rings. The summed E-state index contributed by atoms with van der Waals surface area (Å²) in [5.74, 6) is -0.692. The van der Waals surface area contributed by atoms with E-state index in [0.717, 1.165) is 12.8 Å². The highest BCUT2D eigenvalue weighted by molar-refractivity contribution is 5.96. The average molecular weight is 261 g/mol. The van der Waals surface area contributed by atoms with Gasteiger partial charge in [-0.2, -0.15) is 0 Å². The third kappa shape index (κ3) is 4.95. The molecule has 102 valence electrons. The van der Waals surface area contributed by atoms with Crippen molar-refractivity contribution in [3.63, 3.8) is 0 Å². The van der Waals surface area contributed by atoms with Gasteiger partial charge in [-0.1, -0.05) is 24.3 Å². The Morgan fingerprint density at radius 1 is 1.37 bits per heavy atom. The molecule has 0 spiro atoms. The summed E-state index contributed by atoms with van der Waals surface area (Å²) in [7, 11) is 1.32. The van der Waals surface area contributed by atoms with Crippen molar-refractivity contribution < 1.29 is 14.3 Å². The van der Waals surface area contributed by atoms with Crippen LogP contribution in [-0.2, 0) is 9.53 Å². The summed E-state index contributed by atoms with van der Waals surface area (Å²) in [6.45, 7) is 3.63. The second-order valence-corrected chi connectivity index (χ2v) is 4.13. The molecule has 0 fully saturated rings. The standard InChI is InChI=1S/C15H19NO3/c1-3-4-6-11-13(15(18)19-2)16-14(17)12-9-7-5-8-10-12/h3,5,7-10,13H,1,4,6,11H2,2H3,(H,16,17)/t13-/m0/s1. The molecule has 0 unspecified atom stereocenters. The fourth-order valence-electron chi connectivity index (χ4n) is 1.69. The summed E-state index contributed by atoms with van der Waals surface area (Å²) in [6, 6.07) is 8.18. The molecule has 0 aliphatic heterocycles. The van der Waals surface area contributed by atoms with Crippen LogP contribution in [-0.4, -0.2) is 25.0 Å². The minimum atomic E-state index is -0.613. The van der Waals surface area contributed by atoms with Gasteiger partial charge in [0.05, 0.1) is 7.11 Å². The van der Waals surface area contributed by atoms with Crippen molar-refractivity contribution in [2.75, 3.05) is 7.11 Å². The molecule has 0 saturated carbocycles. The first-order valence-electron chi connectivity index (χ1n) is 6.23. The second-order valence-electron chi connectivity index (χ2n) is 4.13. The van der Waals surface area contributed by atoms with Crippen LogP contribution in [0.4, 0.5) is 0 Å². The van der Waals surface area contributed by atoms with E-state index < -0.39 is 12.0 Å². The lowest BCUT2D eigenvalue weighted by Crippen LogP contribution is -2.41. The number of ether oxygens (including phenoxy) is 1. The number of carbonyl (C=O) groups excluding carboxylic acids is 2. The number of nitrogens with one attached hydrogen (secondary N) is 1. The third-order valence-corrected chi connectivity index (χ3v) is 2.73. The zero-order valence-corrected chi connectivity index (χ0v) is 11.1. The first-order chi connectivity index (χ1) is 9.19. The largest absolute Gasteiger partial charge is 0.467 e. The lowest BCUT2D eigenvalue weighted by Gasteiger charge is -2.16. The van der Waals surface area contributed by atoms with Crippen LogP contribution in [0.15, 0.2) is 43.0 Å². The number of methoxy groups -OCH3 is 1. The molecule has 1 atom stereocenters. The predicted molar refractivity (Wildman–Crippen MR) is 73.8 cm³/mol. The quantitative estimate of drug-likeness (QED) is 0.465. The molecular weight excluding hydrogens is 242 g/mol. The number of benzene rings is 1. The van der Waals surface area contributed by atoms with Gasteiger partial charge in [-0.15, -0.1) is 6.58 Å². The van der Waals surface area contributed by atoms with Gasteiger partial charge in [0, 0.05) is 5.56 Å². The molecule has 1 amide bonds. The zero-order valence-electron chi connectivity index (χ0n) is 11.1. The monoisotopic (exact) mass is 261 g/mol. The van der Waals surface area contributed by atoms with Crippen molar-refractivity contribution in [3.05, 3.63) is 48.6 Å². The summed E-state index contributed by atoms with van der Waals surface area (Å²) in [4.78, 5) is 23.6. The second kappa shape index (κ2) is 8.08. The van der Waals surface area contributed by atoms with E-state index in [1.807, 2.05) is 6.07 Å². The van der Waals surface area contributed by atoms with Crippen LogP contribution in [0.2, 0.25) is 0 Å². The number of esters is 1. The molecule has 4 nitrogen and oxygen atoms in total. The Bertz CT molecular complexity index is 428. The average Bonchev–Trinajstić information content (AvgIpc) is 2.46. The van der Waals surface area contributed by atoms with Crippen LogP contribution < -0.4 is 5.32 Å². The normalized spacial score (nSPS) is 11.4. The summed E-state index contributed by atoms with van der Waals surface area (Å²) in [5.41, 5.74) is 0.528. The van der Waals surface area contributed by atoms with E-state index in [9.17, 15) is 9.59 Å². The van der Waals surface area contributed by atoms with Crippen molar-refractivity contribution in [2.24, 2.45) is 0 Å². The predicted octanol–water partition coefficient (Wildman–Crippen LogP) is 2.31. The fourth-order valence-corrected chi connectivity index (χ4v) is 1.69. The van der Waals surface area contributed by atoms with E-state index in [2.05, 4.69) is 11.9 Å². The van der Waals surface area contributed by atoms with Gasteiger partial charge in [0.2, 0.25) is 0 Å². The number of unbranched alkanes of at least 4 members (excludes halogenated alkanes) is 1. The molecule has 1 N–H and O–H groups in total. The van der Waals surface area contributed by atoms with Crippen molar-refractivity contribution in [1.82, 2.24) is 5.32 Å². The number of rotatable bonds is 7. The number of amides is 1. The van der Waals surface area contributed by atoms with Crippen LogP contribution in [0, 0.1) is 0 Å². The molecule has 0 aliphatic carbocycles. The first-order valence-corrected chi connectivity index (χ1v) is 6.23. The van der Waals surface area contributed by atoms with Crippen LogP contribution in [0.3, 0.4) is 0 Å². The Balaban J connectivity index is 2.63. The zero-order chi connectivity index (χ0) is 14.1. The smallest absolute Gasteiger partial charge is 0.328 e. The molecule has 0 heterocycles. The van der Waals surface area contributed by atoms with E-state index in [0.29, 0.717) is 12.0 Å². The van der Waals surface area contributed by atoms with E-state index in [1.165, 1.54) is 7.11 Å². The molecule has 4 heteroatoms. The third-order valence-electron chi connectivity index (χ3n) is 2.73. The maximum Gasteiger partial charge on any atom is 0.328 e. The fraction of sp³-hybridized carbons (Fsp3) is 0.333. The van der Waals surface area contributed by atoms with Crippen molar-refractivity contribution in [3.8, 4) is 0 Å². The Kier molecular flexibility index (Phi) is 6.36. The Morgan fingerprint density at radius 2 is 2.05 bits per heavy atom. The van der Waals surface area contributed by atoms with Gasteiger partial charge in [-0.3, -0.25) is 4.79 Å². The number of hydrogen-bond donors (Lipinski definition) is 1. The van der Waals surface area contributed by atoms with Gasteiger partial charge in [-0.25, -0.2) is 4.79 Å². The van der Waals surface area contributed by atoms with Crippen LogP contribution >= 0.6 is 0 Å². The molecule has 1 aromatic carbocycles. The molecule has 0 bridgehead atoms. The molecule has 0 aliphatic rings. The minimum absolute atomic E-state index is 0.269. The van der Waals surface area contributed by atoms with E-state index in [4.69, 9.17) is 4.74 Å². The molecule has 1 rings (SSSR count). The Hall–Kier alpha value is -2.10. The topological polar surface area (TPSA) is 55.4 Å². The van der Waals surface area contributed by atoms with Crippen molar-refractivity contribution in [2.45, 2.75) is 25.3 Å². The van der Waals surface area contributed by atoms with Crippen LogP contribution in [0.25, 0.3) is 0 Å². The lowest BCUT2D eigenvalue weighted by molar-refractivity contribution is -0.143. The molecule has 19 heavy (non-hydrogen) atoms. The van der Waals surface area contributed by atoms with Gasteiger partial charge in [0.25, 0.3) is 5.91 Å². The van der Waals surface area contributed by atoms with Gasteiger partial charge in [0.15, 0.2) is 0 Å². The summed E-state index contributed by atoms with van der Waals surface area (Å²) < 4.78 is 4.70. The number of hydrogen-bond acceptors (Lipinski definition) is 3. The Morgan fingerprint density at radius 3 is 2.63 bits per heavy atom. The first kappa shape index (κ1) is 15.0. The minimum Gasteiger partial charge on any atom is -0.467 e. The molecule has 0 radical (unpaired) electrons. The number of carbonyl (C=O) groups is 2. The van der Waals surface area contributed by atoms with Gasteiger partial charge in [0.1, 0.15) is 6.04 Å². The summed E-state index contributed by atoms with van der Waals surface area (Å²) in [6.07, 6.45) is 3.90. The summed E-state index contributed by atoms with van der Waals surface area (Å²) >= 11 is 0. The van der Waals surface area contributed by atoms with E-state index in [1.54, 1.807) is 30.3 Å². The van der Waals surface area contributed by atoms with E-state index in [-0.39, 0.29) is 5.91 Å². The van der Waals surface area contributed by atoms with Crippen LogP contribution in [0.5, 0.6) is 0 Å². The van der Waals surface area contributed by atoms with Crippen LogP contribution in [0.1, 0.15) is 29.6 Å². The maximum absolute atomic E-state index is 12.0. The van der Waals surface area contributed by atoms with Gasteiger partial charge in [-0.05, 0) is 31.4 Å². The van der Waals surface area contributed by atoms with Gasteiger partial charge >= 0.3 is 5.97 Å². The SMILES string of the molecule is C=CCCC[C@H](NC(=O)c1ccccc1)C(=O)OC. The molecule has 0 aromatic heterocycles.